The summed E-state index contributed by atoms with van der Waals surface area (Å²) in [6.45, 7) is 2.75. The van der Waals surface area contributed by atoms with E-state index in [1.54, 1.807) is 12.3 Å². The summed E-state index contributed by atoms with van der Waals surface area (Å²) in [4.78, 5) is 8.08. The van der Waals surface area contributed by atoms with Crippen molar-refractivity contribution in [3.8, 4) is 0 Å². The van der Waals surface area contributed by atoms with Crippen LogP contribution in [0.2, 0.25) is 0 Å². The highest BCUT2D eigenvalue weighted by Crippen LogP contribution is 2.31. The highest BCUT2D eigenvalue weighted by atomic mass is 16.3. The van der Waals surface area contributed by atoms with Crippen molar-refractivity contribution in [3.05, 3.63) is 12.3 Å². The molecule has 100 valence electrons. The summed E-state index contributed by atoms with van der Waals surface area (Å²) in [5.74, 6) is 7.00. The van der Waals surface area contributed by atoms with Crippen molar-refractivity contribution in [2.24, 2.45) is 11.8 Å². The first-order valence-electron chi connectivity index (χ1n) is 6.37. The summed E-state index contributed by atoms with van der Waals surface area (Å²) >= 11 is 0. The van der Waals surface area contributed by atoms with Crippen molar-refractivity contribution >= 4 is 11.8 Å². The van der Waals surface area contributed by atoms with Crippen LogP contribution in [0.25, 0.3) is 0 Å². The summed E-state index contributed by atoms with van der Waals surface area (Å²) in [6, 6.07) is 1.76. The minimum Gasteiger partial charge on any atom is -0.388 e. The Morgan fingerprint density at radius 2 is 2.22 bits per heavy atom. The molecule has 1 aromatic rings. The van der Waals surface area contributed by atoms with Crippen LogP contribution in [0.15, 0.2) is 12.3 Å². The van der Waals surface area contributed by atoms with E-state index in [0.29, 0.717) is 18.3 Å². The maximum Gasteiger partial charge on any atom is 0.239 e. The molecule has 6 nitrogen and oxygen atoms in total. The van der Waals surface area contributed by atoms with Crippen LogP contribution in [-0.4, -0.2) is 27.2 Å². The number of nitrogens with two attached hydrogens (primary N) is 1. The van der Waals surface area contributed by atoms with E-state index < -0.39 is 5.60 Å². The fourth-order valence-corrected chi connectivity index (χ4v) is 2.26. The van der Waals surface area contributed by atoms with Crippen LogP contribution in [0.1, 0.15) is 32.6 Å². The minimum atomic E-state index is -0.617. The van der Waals surface area contributed by atoms with Gasteiger partial charge in [-0.1, -0.05) is 6.92 Å². The molecule has 0 bridgehead atoms. The monoisotopic (exact) mass is 251 g/mol. The number of anilines is 2. The average Bonchev–Trinajstić information content (AvgIpc) is 2.41. The molecule has 0 radical (unpaired) electrons. The molecule has 1 aromatic heterocycles. The molecule has 0 aromatic carbocycles. The lowest BCUT2D eigenvalue weighted by Gasteiger charge is -2.35. The van der Waals surface area contributed by atoms with Crippen molar-refractivity contribution in [1.29, 1.82) is 0 Å². The normalized spacial score (nSPS) is 27.8. The zero-order valence-corrected chi connectivity index (χ0v) is 10.7. The third kappa shape index (κ3) is 3.30. The third-order valence-electron chi connectivity index (χ3n) is 3.59. The molecule has 18 heavy (non-hydrogen) atoms. The first kappa shape index (κ1) is 13.0. The van der Waals surface area contributed by atoms with Gasteiger partial charge < -0.3 is 10.4 Å². The van der Waals surface area contributed by atoms with Gasteiger partial charge in [0.25, 0.3) is 0 Å². The lowest BCUT2D eigenvalue weighted by Crippen LogP contribution is -2.40. The van der Waals surface area contributed by atoms with Gasteiger partial charge in [0.1, 0.15) is 5.82 Å². The van der Waals surface area contributed by atoms with E-state index >= 15 is 0 Å². The summed E-state index contributed by atoms with van der Waals surface area (Å²) in [7, 11) is 0. The van der Waals surface area contributed by atoms with Gasteiger partial charge in [0.2, 0.25) is 5.95 Å². The van der Waals surface area contributed by atoms with E-state index in [2.05, 4.69) is 27.6 Å². The molecule has 0 unspecified atom stereocenters. The van der Waals surface area contributed by atoms with Gasteiger partial charge in [-0.05, 0) is 37.7 Å². The first-order valence-corrected chi connectivity index (χ1v) is 6.37. The number of hydrogen-bond acceptors (Lipinski definition) is 6. The molecule has 1 fully saturated rings. The molecule has 6 heteroatoms. The zero-order chi connectivity index (χ0) is 13.0. The quantitative estimate of drug-likeness (QED) is 0.473. The fraction of sp³-hybridized carbons (Fsp3) is 0.667. The van der Waals surface area contributed by atoms with Crippen LogP contribution in [0, 0.1) is 5.92 Å². The Kier molecular flexibility index (Phi) is 3.98. The van der Waals surface area contributed by atoms with Gasteiger partial charge in [-0.15, -0.1) is 0 Å². The molecule has 0 aliphatic heterocycles. The lowest BCUT2D eigenvalue weighted by atomic mass is 9.79. The van der Waals surface area contributed by atoms with Crippen molar-refractivity contribution in [1.82, 2.24) is 9.97 Å². The molecule has 1 heterocycles. The Bertz CT molecular complexity index is 390. The Hall–Kier alpha value is -1.40. The van der Waals surface area contributed by atoms with E-state index in [-0.39, 0.29) is 0 Å². The molecule has 1 saturated carbocycles. The van der Waals surface area contributed by atoms with E-state index in [1.807, 2.05) is 0 Å². The van der Waals surface area contributed by atoms with E-state index in [1.165, 1.54) is 0 Å². The van der Waals surface area contributed by atoms with Crippen molar-refractivity contribution in [2.75, 3.05) is 17.3 Å². The second-order valence-corrected chi connectivity index (χ2v) is 5.17. The topological polar surface area (TPSA) is 96.1 Å². The number of nitrogen functional groups attached to an aromatic ring is 1. The van der Waals surface area contributed by atoms with Gasteiger partial charge in [-0.2, -0.15) is 4.98 Å². The fourth-order valence-electron chi connectivity index (χ4n) is 2.26. The zero-order valence-electron chi connectivity index (χ0n) is 10.7. The maximum atomic E-state index is 10.4. The number of aliphatic hydroxyl groups is 1. The number of nitrogens with one attached hydrogen (secondary N) is 2. The van der Waals surface area contributed by atoms with Crippen LogP contribution in [0.4, 0.5) is 11.8 Å². The van der Waals surface area contributed by atoms with Crippen LogP contribution in [0.5, 0.6) is 0 Å². The predicted octanol–water partition coefficient (Wildman–Crippen LogP) is 1.12. The highest BCUT2D eigenvalue weighted by molar-refractivity contribution is 5.39. The second kappa shape index (κ2) is 5.49. The number of rotatable bonds is 4. The molecule has 0 spiro atoms. The van der Waals surface area contributed by atoms with Crippen LogP contribution in [-0.2, 0) is 0 Å². The van der Waals surface area contributed by atoms with Gasteiger partial charge >= 0.3 is 0 Å². The van der Waals surface area contributed by atoms with Gasteiger partial charge in [-0.25, -0.2) is 10.8 Å². The molecule has 0 atom stereocenters. The summed E-state index contributed by atoms with van der Waals surface area (Å²) in [6.07, 6.45) is 5.47. The Morgan fingerprint density at radius 3 is 2.89 bits per heavy atom. The smallest absolute Gasteiger partial charge is 0.239 e. The molecule has 1 aliphatic carbocycles. The first-order chi connectivity index (χ1) is 8.61. The summed E-state index contributed by atoms with van der Waals surface area (Å²) < 4.78 is 0. The minimum absolute atomic E-state index is 0.365. The largest absolute Gasteiger partial charge is 0.388 e. The lowest BCUT2D eigenvalue weighted by molar-refractivity contribution is 0.00495. The maximum absolute atomic E-state index is 10.4. The van der Waals surface area contributed by atoms with Gasteiger partial charge in [0, 0.05) is 12.7 Å². The van der Waals surface area contributed by atoms with E-state index in [0.717, 1.165) is 31.6 Å². The van der Waals surface area contributed by atoms with Crippen molar-refractivity contribution in [3.63, 3.8) is 0 Å². The SMILES string of the molecule is CC1CCC(O)(CNc2ccnc(NN)n2)CC1. The van der Waals surface area contributed by atoms with Gasteiger partial charge in [0.15, 0.2) is 0 Å². The molecule has 5 N–H and O–H groups in total. The molecule has 2 rings (SSSR count). The van der Waals surface area contributed by atoms with Crippen LogP contribution < -0.4 is 16.6 Å². The van der Waals surface area contributed by atoms with Crippen LogP contribution >= 0.6 is 0 Å². The molecule has 1 aliphatic rings. The second-order valence-electron chi connectivity index (χ2n) is 5.17. The molecule has 0 saturated heterocycles. The summed E-state index contributed by atoms with van der Waals surface area (Å²) in [5.41, 5.74) is 1.78. The Morgan fingerprint density at radius 1 is 1.50 bits per heavy atom. The molecular formula is C12H21N5O. The third-order valence-corrected chi connectivity index (χ3v) is 3.59. The van der Waals surface area contributed by atoms with E-state index in [4.69, 9.17) is 5.84 Å². The standard InChI is InChI=1S/C12H21N5O/c1-9-2-5-12(18,6-3-9)8-15-10-4-7-14-11(16-10)17-13/h4,7,9,18H,2-3,5-6,8,13H2,1H3,(H2,14,15,16,17). The highest BCUT2D eigenvalue weighted by Gasteiger charge is 2.31. The summed E-state index contributed by atoms with van der Waals surface area (Å²) in [5, 5.41) is 13.6. The molecule has 0 amide bonds. The van der Waals surface area contributed by atoms with Crippen LogP contribution in [0.3, 0.4) is 0 Å². The van der Waals surface area contributed by atoms with E-state index in [9.17, 15) is 5.11 Å². The Balaban J connectivity index is 1.90. The average molecular weight is 251 g/mol. The van der Waals surface area contributed by atoms with Gasteiger partial charge in [0.05, 0.1) is 5.60 Å². The van der Waals surface area contributed by atoms with Crippen molar-refractivity contribution in [2.45, 2.75) is 38.2 Å². The Labute approximate surface area is 107 Å². The van der Waals surface area contributed by atoms with Crippen molar-refractivity contribution < 1.29 is 5.11 Å². The number of nitrogens with zero attached hydrogens (tertiary/aromatic N) is 2. The number of aromatic nitrogens is 2. The predicted molar refractivity (Wildman–Crippen MR) is 70.9 cm³/mol. The number of hydrazine groups is 1. The van der Waals surface area contributed by atoms with Gasteiger partial charge in [-0.3, -0.25) is 5.43 Å². The number of hydrogen-bond donors (Lipinski definition) is 4. The molecular weight excluding hydrogens is 230 g/mol.